The normalized spacial score (nSPS) is 15.3. The molecule has 0 amide bonds. The van der Waals surface area contributed by atoms with Crippen molar-refractivity contribution in [3.8, 4) is 0 Å². The van der Waals surface area contributed by atoms with Gasteiger partial charge in [-0.25, -0.2) is 0 Å². The predicted octanol–water partition coefficient (Wildman–Crippen LogP) is 8.67. The van der Waals surface area contributed by atoms with E-state index in [4.69, 9.17) is 5.11 Å². The molecule has 0 unspecified atom stereocenters. The highest BCUT2D eigenvalue weighted by Gasteiger charge is 2.12. The lowest BCUT2D eigenvalue weighted by molar-refractivity contribution is -0.137. The summed E-state index contributed by atoms with van der Waals surface area (Å²) in [5.41, 5.74) is 0. The molecule has 1 saturated carbocycles. The summed E-state index contributed by atoms with van der Waals surface area (Å²) >= 11 is 0. The van der Waals surface area contributed by atoms with Gasteiger partial charge in [0, 0.05) is 6.42 Å². The van der Waals surface area contributed by atoms with Gasteiger partial charge in [0.2, 0.25) is 0 Å². The van der Waals surface area contributed by atoms with Crippen LogP contribution >= 0.6 is 0 Å². The molecule has 2 heteroatoms. The molecule has 2 nitrogen and oxygen atoms in total. The predicted molar refractivity (Wildman–Crippen MR) is 117 cm³/mol. The van der Waals surface area contributed by atoms with E-state index in [1.807, 2.05) is 0 Å². The van der Waals surface area contributed by atoms with Crippen molar-refractivity contribution in [2.45, 2.75) is 148 Å². The maximum Gasteiger partial charge on any atom is 0.303 e. The Morgan fingerprint density at radius 1 is 0.556 bits per heavy atom. The van der Waals surface area contributed by atoms with Gasteiger partial charge in [0.05, 0.1) is 0 Å². The molecule has 0 aromatic carbocycles. The Morgan fingerprint density at radius 3 is 1.33 bits per heavy atom. The van der Waals surface area contributed by atoms with E-state index in [0.29, 0.717) is 6.42 Å². The zero-order valence-electron chi connectivity index (χ0n) is 18.2. The molecule has 160 valence electrons. The second-order valence-electron chi connectivity index (χ2n) is 9.09. The van der Waals surface area contributed by atoms with Crippen molar-refractivity contribution in [2.24, 2.45) is 5.92 Å². The van der Waals surface area contributed by atoms with Crippen molar-refractivity contribution in [3.63, 3.8) is 0 Å². The number of hydrogen-bond acceptors (Lipinski definition) is 1. The standard InChI is InChI=1S/C25H48O2/c26-25(27)23-19-14-12-10-8-6-4-2-1-3-5-7-9-11-13-16-20-24-21-17-15-18-22-24/h24H,1-23H2,(H,26,27). The minimum atomic E-state index is -0.648. The second-order valence-corrected chi connectivity index (χ2v) is 9.09. The number of hydrogen-bond donors (Lipinski definition) is 1. The first-order chi connectivity index (χ1) is 13.3. The van der Waals surface area contributed by atoms with Gasteiger partial charge in [0.25, 0.3) is 0 Å². The Kier molecular flexibility index (Phi) is 17.1. The number of carboxylic acid groups (broad SMARTS) is 1. The second kappa shape index (κ2) is 18.8. The molecule has 1 N–H and O–H groups in total. The zero-order valence-corrected chi connectivity index (χ0v) is 18.2. The van der Waals surface area contributed by atoms with Crippen molar-refractivity contribution in [3.05, 3.63) is 0 Å². The van der Waals surface area contributed by atoms with Gasteiger partial charge in [0.15, 0.2) is 0 Å². The van der Waals surface area contributed by atoms with Gasteiger partial charge >= 0.3 is 5.97 Å². The van der Waals surface area contributed by atoms with Crippen LogP contribution in [0.5, 0.6) is 0 Å². The van der Waals surface area contributed by atoms with Crippen LogP contribution < -0.4 is 0 Å². The third kappa shape index (κ3) is 17.3. The van der Waals surface area contributed by atoms with Gasteiger partial charge in [-0.2, -0.15) is 0 Å². The molecule has 27 heavy (non-hydrogen) atoms. The molecule has 0 aromatic rings. The van der Waals surface area contributed by atoms with Crippen molar-refractivity contribution in [1.82, 2.24) is 0 Å². The monoisotopic (exact) mass is 380 g/mol. The first-order valence-electron chi connectivity index (χ1n) is 12.5. The van der Waals surface area contributed by atoms with Crippen LogP contribution in [0.3, 0.4) is 0 Å². The van der Waals surface area contributed by atoms with E-state index >= 15 is 0 Å². The van der Waals surface area contributed by atoms with E-state index in [0.717, 1.165) is 18.8 Å². The molecule has 1 fully saturated rings. The van der Waals surface area contributed by atoms with E-state index in [2.05, 4.69) is 0 Å². The Hall–Kier alpha value is -0.530. The molecule has 1 rings (SSSR count). The lowest BCUT2D eigenvalue weighted by Gasteiger charge is -2.21. The minimum Gasteiger partial charge on any atom is -0.481 e. The SMILES string of the molecule is O=C(O)CCCCCCCCCCCCCCCCCCC1CCCCC1. The van der Waals surface area contributed by atoms with Gasteiger partial charge in [-0.3, -0.25) is 4.79 Å². The van der Waals surface area contributed by atoms with Crippen molar-refractivity contribution >= 4 is 5.97 Å². The van der Waals surface area contributed by atoms with E-state index < -0.39 is 5.97 Å². The third-order valence-corrected chi connectivity index (χ3v) is 6.48. The van der Waals surface area contributed by atoms with Crippen LogP contribution in [0.4, 0.5) is 0 Å². The van der Waals surface area contributed by atoms with Gasteiger partial charge in [-0.05, 0) is 12.3 Å². The van der Waals surface area contributed by atoms with Crippen molar-refractivity contribution in [2.75, 3.05) is 0 Å². The van der Waals surface area contributed by atoms with Crippen LogP contribution in [-0.2, 0) is 4.79 Å². The molecular formula is C25H48O2. The summed E-state index contributed by atoms with van der Waals surface area (Å²) in [6.07, 6.45) is 31.1. The van der Waals surface area contributed by atoms with Crippen molar-refractivity contribution < 1.29 is 9.90 Å². The van der Waals surface area contributed by atoms with Crippen LogP contribution in [0.1, 0.15) is 148 Å². The Balaban J connectivity index is 1.66. The average Bonchev–Trinajstić information content (AvgIpc) is 2.67. The van der Waals surface area contributed by atoms with Gasteiger partial charge in [0.1, 0.15) is 0 Å². The Labute approximate surface area is 169 Å². The highest BCUT2D eigenvalue weighted by molar-refractivity contribution is 5.66. The quantitative estimate of drug-likeness (QED) is 0.227. The first-order valence-corrected chi connectivity index (χ1v) is 12.5. The van der Waals surface area contributed by atoms with Crippen molar-refractivity contribution in [1.29, 1.82) is 0 Å². The smallest absolute Gasteiger partial charge is 0.303 e. The van der Waals surface area contributed by atoms with Crippen LogP contribution in [0.15, 0.2) is 0 Å². The topological polar surface area (TPSA) is 37.3 Å². The van der Waals surface area contributed by atoms with Crippen LogP contribution in [0, 0.1) is 5.92 Å². The number of carbonyl (C=O) groups is 1. The molecule has 0 atom stereocenters. The minimum absolute atomic E-state index is 0.348. The number of rotatable bonds is 19. The van der Waals surface area contributed by atoms with Crippen LogP contribution in [0.2, 0.25) is 0 Å². The third-order valence-electron chi connectivity index (χ3n) is 6.48. The lowest BCUT2D eigenvalue weighted by atomic mass is 9.85. The molecule has 0 bridgehead atoms. The molecule has 1 aliphatic carbocycles. The molecule has 0 aliphatic heterocycles. The summed E-state index contributed by atoms with van der Waals surface area (Å²) in [5.74, 6) is 0.431. The zero-order chi connectivity index (χ0) is 19.4. The molecule has 0 spiro atoms. The van der Waals surface area contributed by atoms with Gasteiger partial charge < -0.3 is 5.11 Å². The number of aliphatic carboxylic acids is 1. The summed E-state index contributed by atoms with van der Waals surface area (Å²) in [6.45, 7) is 0. The fourth-order valence-corrected chi connectivity index (χ4v) is 4.66. The first kappa shape index (κ1) is 24.5. The molecule has 1 aliphatic rings. The van der Waals surface area contributed by atoms with Gasteiger partial charge in [-0.15, -0.1) is 0 Å². The maximum atomic E-state index is 10.4. The van der Waals surface area contributed by atoms with Crippen LogP contribution in [0.25, 0.3) is 0 Å². The van der Waals surface area contributed by atoms with Crippen LogP contribution in [-0.4, -0.2) is 11.1 Å². The number of carboxylic acids is 1. The highest BCUT2D eigenvalue weighted by Crippen LogP contribution is 2.28. The summed E-state index contributed by atoms with van der Waals surface area (Å²) in [5, 5.41) is 8.58. The van der Waals surface area contributed by atoms with E-state index in [-0.39, 0.29) is 0 Å². The molecule has 0 aromatic heterocycles. The highest BCUT2D eigenvalue weighted by atomic mass is 16.4. The van der Waals surface area contributed by atoms with Gasteiger partial charge in [-0.1, -0.05) is 135 Å². The number of unbranched alkanes of at least 4 members (excludes halogenated alkanes) is 15. The summed E-state index contributed by atoms with van der Waals surface area (Å²) < 4.78 is 0. The van der Waals surface area contributed by atoms with E-state index in [9.17, 15) is 4.79 Å². The van der Waals surface area contributed by atoms with E-state index in [1.54, 1.807) is 0 Å². The Bertz CT molecular complexity index is 320. The lowest BCUT2D eigenvalue weighted by Crippen LogP contribution is -2.05. The molecule has 0 saturated heterocycles. The average molecular weight is 381 g/mol. The largest absolute Gasteiger partial charge is 0.481 e. The summed E-state index contributed by atoms with van der Waals surface area (Å²) in [4.78, 5) is 10.4. The maximum absolute atomic E-state index is 10.4. The molecule has 0 heterocycles. The van der Waals surface area contributed by atoms with E-state index in [1.165, 1.54) is 128 Å². The Morgan fingerprint density at radius 2 is 0.926 bits per heavy atom. The molecule has 0 radical (unpaired) electrons. The summed E-state index contributed by atoms with van der Waals surface area (Å²) in [7, 11) is 0. The molecular weight excluding hydrogens is 332 g/mol. The fraction of sp³-hybridized carbons (Fsp3) is 0.960. The summed E-state index contributed by atoms with van der Waals surface area (Å²) in [6, 6.07) is 0. The fourth-order valence-electron chi connectivity index (χ4n) is 4.66.